The van der Waals surface area contributed by atoms with Crippen LogP contribution in [0.1, 0.15) is 39.5 Å². The fourth-order valence-corrected chi connectivity index (χ4v) is 4.08. The summed E-state index contributed by atoms with van der Waals surface area (Å²) in [6.07, 6.45) is 3.73. The summed E-state index contributed by atoms with van der Waals surface area (Å²) in [6, 6.07) is 4.02. The van der Waals surface area contributed by atoms with E-state index in [1.54, 1.807) is 0 Å². The fraction of sp³-hybridized carbons (Fsp3) is 0.556. The fourth-order valence-electron chi connectivity index (χ4n) is 3.01. The first-order valence-electron chi connectivity index (χ1n) is 8.80. The molecule has 0 heterocycles. The highest BCUT2D eigenvalue weighted by Gasteiger charge is 2.27. The number of carbonyl (C=O) groups is 1. The minimum absolute atomic E-state index is 0.214. The maximum atomic E-state index is 13.1. The molecule has 0 saturated heterocycles. The van der Waals surface area contributed by atoms with Gasteiger partial charge in [-0.2, -0.15) is 0 Å². The van der Waals surface area contributed by atoms with Gasteiger partial charge in [0.05, 0.1) is 0 Å². The molecule has 1 aliphatic rings. The molecule has 3 atom stereocenters. The first kappa shape index (κ1) is 20.9. The number of thiocarbonyl (C=S) groups is 1. The van der Waals surface area contributed by atoms with Crippen molar-refractivity contribution in [1.82, 2.24) is 16.2 Å². The van der Waals surface area contributed by atoms with Crippen LogP contribution in [0.4, 0.5) is 8.78 Å². The molecule has 144 valence electrons. The van der Waals surface area contributed by atoms with Crippen molar-refractivity contribution >= 4 is 35.0 Å². The molecule has 3 N–H and O–H groups in total. The molecule has 0 bridgehead atoms. The van der Waals surface area contributed by atoms with Gasteiger partial charge < -0.3 is 5.32 Å². The Labute approximate surface area is 162 Å². The first-order valence-corrected chi connectivity index (χ1v) is 10.2. The molecule has 0 radical (unpaired) electrons. The largest absolute Gasteiger partial charge is 0.358 e. The Hall–Kier alpha value is -1.41. The van der Waals surface area contributed by atoms with Crippen molar-refractivity contribution in [2.75, 3.05) is 5.75 Å². The van der Waals surface area contributed by atoms with E-state index in [1.807, 2.05) is 0 Å². The summed E-state index contributed by atoms with van der Waals surface area (Å²) in [5, 5.41) is 3.69. The lowest BCUT2D eigenvalue weighted by Crippen LogP contribution is -2.52. The van der Waals surface area contributed by atoms with Crippen LogP contribution in [0.3, 0.4) is 0 Å². The quantitative estimate of drug-likeness (QED) is 0.398. The second-order valence-corrected chi connectivity index (χ2v) is 8.27. The Morgan fingerprint density at radius 3 is 2.73 bits per heavy atom. The highest BCUT2D eigenvalue weighted by Crippen LogP contribution is 2.29. The molecule has 0 spiro atoms. The average Bonchev–Trinajstić information content (AvgIpc) is 2.60. The van der Waals surface area contributed by atoms with Gasteiger partial charge in [-0.05, 0) is 48.7 Å². The number of hydrazine groups is 1. The van der Waals surface area contributed by atoms with Gasteiger partial charge in [0.2, 0.25) is 5.91 Å². The van der Waals surface area contributed by atoms with Crippen molar-refractivity contribution in [3.63, 3.8) is 0 Å². The first-order chi connectivity index (χ1) is 12.4. The van der Waals surface area contributed by atoms with Crippen LogP contribution >= 0.6 is 24.0 Å². The number of hydrogen-bond donors (Lipinski definition) is 3. The zero-order valence-electron chi connectivity index (χ0n) is 15.0. The summed E-state index contributed by atoms with van der Waals surface area (Å²) in [4.78, 5) is 12.4. The van der Waals surface area contributed by atoms with Gasteiger partial charge in [-0.15, -0.1) is 11.8 Å². The molecular formula is C18H25F2N3OS2. The number of hydrogen-bond acceptors (Lipinski definition) is 3. The molecule has 1 aliphatic carbocycles. The van der Waals surface area contributed by atoms with Crippen LogP contribution in [0.5, 0.6) is 0 Å². The van der Waals surface area contributed by atoms with E-state index in [-0.39, 0.29) is 12.3 Å². The van der Waals surface area contributed by atoms with Gasteiger partial charge in [-0.1, -0.05) is 26.7 Å². The maximum absolute atomic E-state index is 13.1. The Morgan fingerprint density at radius 1 is 1.23 bits per heavy atom. The van der Waals surface area contributed by atoms with Gasteiger partial charge in [0.25, 0.3) is 0 Å². The normalized spacial score (nSPS) is 22.5. The molecule has 1 aromatic rings. The molecule has 1 aromatic carbocycles. The van der Waals surface area contributed by atoms with Gasteiger partial charge in [0.15, 0.2) is 16.7 Å². The van der Waals surface area contributed by atoms with E-state index in [9.17, 15) is 13.6 Å². The second-order valence-electron chi connectivity index (χ2n) is 6.69. The van der Waals surface area contributed by atoms with E-state index in [2.05, 4.69) is 30.0 Å². The predicted molar refractivity (Wildman–Crippen MR) is 105 cm³/mol. The number of carbonyl (C=O) groups excluding carboxylic acids is 1. The summed E-state index contributed by atoms with van der Waals surface area (Å²) in [5.74, 6) is -0.327. The number of amides is 1. The van der Waals surface area contributed by atoms with E-state index < -0.39 is 11.6 Å². The minimum Gasteiger partial charge on any atom is -0.358 e. The minimum atomic E-state index is -0.885. The van der Waals surface area contributed by atoms with E-state index >= 15 is 0 Å². The molecule has 0 aliphatic heterocycles. The summed E-state index contributed by atoms with van der Waals surface area (Å²) >= 11 is 6.53. The van der Waals surface area contributed by atoms with Crippen molar-refractivity contribution in [1.29, 1.82) is 0 Å². The average molecular weight is 402 g/mol. The molecule has 4 nitrogen and oxygen atoms in total. The van der Waals surface area contributed by atoms with Crippen molar-refractivity contribution in [2.45, 2.75) is 50.5 Å². The Kier molecular flexibility index (Phi) is 8.09. The SMILES string of the molecule is C[C@@H]1[C@H](C)CCC[C@@H]1NC(=S)NNC(=O)CCSc1ccc(F)c(F)c1. The molecule has 0 unspecified atom stereocenters. The van der Waals surface area contributed by atoms with Crippen LogP contribution in [0.15, 0.2) is 23.1 Å². The van der Waals surface area contributed by atoms with Crippen molar-refractivity contribution < 1.29 is 13.6 Å². The topological polar surface area (TPSA) is 53.2 Å². The van der Waals surface area contributed by atoms with Crippen LogP contribution in [0.2, 0.25) is 0 Å². The van der Waals surface area contributed by atoms with Gasteiger partial charge in [-0.3, -0.25) is 15.6 Å². The molecule has 1 saturated carbocycles. The number of thioether (sulfide) groups is 1. The maximum Gasteiger partial charge on any atom is 0.239 e. The summed E-state index contributed by atoms with van der Waals surface area (Å²) in [5.41, 5.74) is 5.30. The van der Waals surface area contributed by atoms with Crippen molar-refractivity contribution in [3.8, 4) is 0 Å². The van der Waals surface area contributed by atoms with Crippen LogP contribution < -0.4 is 16.2 Å². The van der Waals surface area contributed by atoms with Gasteiger partial charge in [0, 0.05) is 23.1 Å². The van der Waals surface area contributed by atoms with Crippen LogP contribution in [-0.4, -0.2) is 22.8 Å². The molecule has 2 rings (SSSR count). The van der Waals surface area contributed by atoms with E-state index in [0.29, 0.717) is 33.6 Å². The highest BCUT2D eigenvalue weighted by molar-refractivity contribution is 7.99. The molecular weight excluding hydrogens is 376 g/mol. The zero-order valence-corrected chi connectivity index (χ0v) is 16.6. The number of halogens is 2. The third-order valence-corrected chi connectivity index (χ3v) is 6.04. The standard InChI is InChI=1S/C18H25F2N3OS2/c1-11-4-3-5-16(12(11)2)21-18(25)23-22-17(24)8-9-26-13-6-7-14(19)15(20)10-13/h6-7,10-12,16H,3-5,8-9H2,1-2H3,(H,22,24)(H2,21,23,25)/t11-,12-,16+/m1/s1. The highest BCUT2D eigenvalue weighted by atomic mass is 32.2. The van der Waals surface area contributed by atoms with Gasteiger partial charge in [0.1, 0.15) is 0 Å². The lowest BCUT2D eigenvalue weighted by molar-refractivity contribution is -0.121. The Morgan fingerprint density at radius 2 is 2.00 bits per heavy atom. The molecule has 0 aromatic heterocycles. The number of rotatable bonds is 5. The number of benzene rings is 1. The lowest BCUT2D eigenvalue weighted by atomic mass is 9.78. The summed E-state index contributed by atoms with van der Waals surface area (Å²) in [7, 11) is 0. The van der Waals surface area contributed by atoms with Crippen molar-refractivity contribution in [2.24, 2.45) is 11.8 Å². The molecule has 1 fully saturated rings. The van der Waals surface area contributed by atoms with Crippen LogP contribution in [0, 0.1) is 23.5 Å². The second kappa shape index (κ2) is 10.1. The Bertz CT molecular complexity index is 645. The summed E-state index contributed by atoms with van der Waals surface area (Å²) < 4.78 is 26.0. The third kappa shape index (κ3) is 6.39. The van der Waals surface area contributed by atoms with E-state index in [1.165, 1.54) is 30.7 Å². The van der Waals surface area contributed by atoms with Gasteiger partial charge in [-0.25, -0.2) is 8.78 Å². The summed E-state index contributed by atoms with van der Waals surface area (Å²) in [6.45, 7) is 4.47. The van der Waals surface area contributed by atoms with E-state index in [0.717, 1.165) is 18.6 Å². The molecule has 1 amide bonds. The number of nitrogens with one attached hydrogen (secondary N) is 3. The van der Waals surface area contributed by atoms with E-state index in [4.69, 9.17) is 12.2 Å². The molecule has 8 heteroatoms. The molecule has 26 heavy (non-hydrogen) atoms. The third-order valence-electron chi connectivity index (χ3n) is 4.83. The lowest BCUT2D eigenvalue weighted by Gasteiger charge is -2.35. The smallest absolute Gasteiger partial charge is 0.239 e. The van der Waals surface area contributed by atoms with Crippen molar-refractivity contribution in [3.05, 3.63) is 29.8 Å². The van der Waals surface area contributed by atoms with Crippen LogP contribution in [0.25, 0.3) is 0 Å². The van der Waals surface area contributed by atoms with Crippen LogP contribution in [-0.2, 0) is 4.79 Å². The van der Waals surface area contributed by atoms with Gasteiger partial charge >= 0.3 is 0 Å². The zero-order chi connectivity index (χ0) is 19.1. The predicted octanol–water partition coefficient (Wildman–Crippen LogP) is 3.77. The Balaban J connectivity index is 1.64. The monoisotopic (exact) mass is 401 g/mol.